The summed E-state index contributed by atoms with van der Waals surface area (Å²) >= 11 is 0. The van der Waals surface area contributed by atoms with Gasteiger partial charge in [0.25, 0.3) is 5.91 Å². The maximum absolute atomic E-state index is 12.4. The Balaban J connectivity index is 1.87. The molecule has 0 bridgehead atoms. The highest BCUT2D eigenvalue weighted by atomic mass is 16.5. The lowest BCUT2D eigenvalue weighted by Crippen LogP contribution is -2.39. The number of hydroxylamine groups is 1. The van der Waals surface area contributed by atoms with E-state index in [0.29, 0.717) is 17.7 Å². The van der Waals surface area contributed by atoms with Gasteiger partial charge in [-0.05, 0) is 37.1 Å². The topological polar surface area (TPSA) is 91.3 Å². The van der Waals surface area contributed by atoms with E-state index >= 15 is 0 Å². The minimum absolute atomic E-state index is 0.274. The average molecular weight is 311 g/mol. The number of benzene rings is 1. The van der Waals surface area contributed by atoms with Crippen molar-refractivity contribution < 1.29 is 14.8 Å². The first kappa shape index (κ1) is 15.2. The van der Waals surface area contributed by atoms with E-state index in [4.69, 9.17) is 5.21 Å². The predicted molar refractivity (Wildman–Crippen MR) is 82.7 cm³/mol. The summed E-state index contributed by atoms with van der Waals surface area (Å²) in [6.07, 6.45) is 2.05. The molecule has 1 aliphatic rings. The van der Waals surface area contributed by atoms with Crippen LogP contribution in [0.5, 0.6) is 0 Å². The molecule has 23 heavy (non-hydrogen) atoms. The number of nitrogens with one attached hydrogen (secondary N) is 2. The smallest absolute Gasteiger partial charge is 0.251 e. The molecule has 0 saturated carbocycles. The number of hydrogen-bond donors (Lipinski definition) is 3. The molecule has 0 radical (unpaired) electrons. The number of aromatic nitrogens is 1. The van der Waals surface area contributed by atoms with Gasteiger partial charge >= 0.3 is 0 Å². The lowest BCUT2D eigenvalue weighted by atomic mass is 10.0. The lowest BCUT2D eigenvalue weighted by molar-refractivity contribution is -0.134. The van der Waals surface area contributed by atoms with E-state index in [-0.39, 0.29) is 5.91 Å². The van der Waals surface area contributed by atoms with Crippen LogP contribution in [0.2, 0.25) is 0 Å². The molecule has 0 aliphatic heterocycles. The minimum Gasteiger partial charge on any atom is -0.343 e. The Kier molecular flexibility index (Phi) is 4.08. The Bertz CT molecular complexity index is 743. The van der Waals surface area contributed by atoms with Crippen LogP contribution in [0.1, 0.15) is 33.2 Å². The molecule has 6 nitrogen and oxygen atoms in total. The van der Waals surface area contributed by atoms with Crippen molar-refractivity contribution in [2.24, 2.45) is 5.92 Å². The quantitative estimate of drug-likeness (QED) is 0.592. The number of pyridine rings is 1. The Morgan fingerprint density at radius 3 is 2.65 bits per heavy atom. The summed E-state index contributed by atoms with van der Waals surface area (Å²) < 4.78 is 0. The second-order valence-corrected chi connectivity index (χ2v) is 5.65. The number of carbonyl (C=O) groups is 2. The summed E-state index contributed by atoms with van der Waals surface area (Å²) in [5.74, 6) is -1.39. The molecule has 118 valence electrons. The first-order valence-corrected chi connectivity index (χ1v) is 7.35. The molecule has 6 heteroatoms. The molecular formula is C17H17N3O3. The van der Waals surface area contributed by atoms with Gasteiger partial charge in [-0.15, -0.1) is 0 Å². The Morgan fingerprint density at radius 1 is 1.22 bits per heavy atom. The highest BCUT2D eigenvalue weighted by molar-refractivity contribution is 5.95. The van der Waals surface area contributed by atoms with E-state index in [1.165, 1.54) is 0 Å². The third kappa shape index (κ3) is 2.93. The zero-order valence-corrected chi connectivity index (χ0v) is 12.6. The molecule has 1 aliphatic carbocycles. The SMILES string of the molecule is Cc1ccc(C(=O)NC2c3ncccc3CC2C(=O)NO)cc1. The van der Waals surface area contributed by atoms with Crippen LogP contribution in [-0.4, -0.2) is 22.0 Å². The second kappa shape index (κ2) is 6.18. The van der Waals surface area contributed by atoms with Gasteiger partial charge in [0, 0.05) is 11.8 Å². The van der Waals surface area contributed by atoms with Crippen LogP contribution < -0.4 is 10.8 Å². The summed E-state index contributed by atoms with van der Waals surface area (Å²) in [5, 5.41) is 11.8. The molecular weight excluding hydrogens is 294 g/mol. The van der Waals surface area contributed by atoms with Crippen molar-refractivity contribution in [3.8, 4) is 0 Å². The molecule has 2 unspecified atom stereocenters. The lowest BCUT2D eigenvalue weighted by Gasteiger charge is -2.19. The molecule has 0 saturated heterocycles. The second-order valence-electron chi connectivity index (χ2n) is 5.65. The monoisotopic (exact) mass is 311 g/mol. The fourth-order valence-corrected chi connectivity index (χ4v) is 2.87. The number of rotatable bonds is 3. The molecule has 1 heterocycles. The van der Waals surface area contributed by atoms with Gasteiger partial charge in [0.1, 0.15) is 0 Å². The van der Waals surface area contributed by atoms with E-state index in [1.54, 1.807) is 29.9 Å². The van der Waals surface area contributed by atoms with Gasteiger partial charge in [-0.25, -0.2) is 5.48 Å². The Labute approximate surface area is 133 Å². The largest absolute Gasteiger partial charge is 0.343 e. The van der Waals surface area contributed by atoms with Crippen molar-refractivity contribution in [1.82, 2.24) is 15.8 Å². The first-order valence-electron chi connectivity index (χ1n) is 7.35. The van der Waals surface area contributed by atoms with Crippen molar-refractivity contribution in [3.63, 3.8) is 0 Å². The van der Waals surface area contributed by atoms with E-state index in [9.17, 15) is 9.59 Å². The summed E-state index contributed by atoms with van der Waals surface area (Å²) in [6.45, 7) is 1.94. The van der Waals surface area contributed by atoms with Crippen LogP contribution >= 0.6 is 0 Å². The van der Waals surface area contributed by atoms with E-state index in [2.05, 4.69) is 10.3 Å². The molecule has 0 spiro atoms. The van der Waals surface area contributed by atoms with Crippen LogP contribution in [0, 0.1) is 12.8 Å². The summed E-state index contributed by atoms with van der Waals surface area (Å²) in [7, 11) is 0. The highest BCUT2D eigenvalue weighted by Crippen LogP contribution is 2.34. The minimum atomic E-state index is -0.584. The maximum Gasteiger partial charge on any atom is 0.251 e. The third-order valence-electron chi connectivity index (χ3n) is 4.11. The van der Waals surface area contributed by atoms with Crippen molar-refractivity contribution >= 4 is 11.8 Å². The van der Waals surface area contributed by atoms with Crippen LogP contribution in [0.25, 0.3) is 0 Å². The Hall–Kier alpha value is -2.73. The van der Waals surface area contributed by atoms with Gasteiger partial charge in [0.2, 0.25) is 5.91 Å². The molecule has 1 aromatic heterocycles. The van der Waals surface area contributed by atoms with Crippen LogP contribution in [0.4, 0.5) is 0 Å². The van der Waals surface area contributed by atoms with Crippen molar-refractivity contribution in [3.05, 3.63) is 65.0 Å². The zero-order valence-electron chi connectivity index (χ0n) is 12.6. The number of hydrogen-bond acceptors (Lipinski definition) is 4. The molecule has 2 aromatic rings. The summed E-state index contributed by atoms with van der Waals surface area (Å²) in [4.78, 5) is 28.7. The fourth-order valence-electron chi connectivity index (χ4n) is 2.87. The van der Waals surface area contributed by atoms with Crippen molar-refractivity contribution in [1.29, 1.82) is 0 Å². The van der Waals surface area contributed by atoms with Gasteiger partial charge in [-0.3, -0.25) is 19.8 Å². The maximum atomic E-state index is 12.4. The molecule has 0 fully saturated rings. The number of carbonyl (C=O) groups excluding carboxylic acids is 2. The number of nitrogens with zero attached hydrogens (tertiary/aromatic N) is 1. The number of amides is 2. The third-order valence-corrected chi connectivity index (χ3v) is 4.11. The summed E-state index contributed by atoms with van der Waals surface area (Å²) in [5.41, 5.74) is 4.82. The normalized spacial score (nSPS) is 19.0. The van der Waals surface area contributed by atoms with Crippen molar-refractivity contribution in [2.45, 2.75) is 19.4 Å². The number of fused-ring (bicyclic) bond motifs is 1. The molecule has 3 N–H and O–H groups in total. The van der Waals surface area contributed by atoms with Crippen molar-refractivity contribution in [2.75, 3.05) is 0 Å². The van der Waals surface area contributed by atoms with Crippen LogP contribution in [0.3, 0.4) is 0 Å². The van der Waals surface area contributed by atoms with Crippen LogP contribution in [0.15, 0.2) is 42.6 Å². The molecule has 2 amide bonds. The number of aryl methyl sites for hydroxylation is 1. The molecule has 3 rings (SSSR count). The average Bonchev–Trinajstić information content (AvgIpc) is 2.93. The van der Waals surface area contributed by atoms with Crippen LogP contribution in [-0.2, 0) is 11.2 Å². The molecule has 2 atom stereocenters. The molecule has 1 aromatic carbocycles. The fraction of sp³-hybridized carbons (Fsp3) is 0.235. The summed E-state index contributed by atoms with van der Waals surface area (Å²) in [6, 6.07) is 10.3. The standard InChI is InChI=1S/C17H17N3O3/c1-10-4-6-11(7-5-10)16(21)19-15-13(17(22)20-23)9-12-3-2-8-18-14(12)15/h2-8,13,15,23H,9H2,1H3,(H,19,21)(H,20,22). The van der Waals surface area contributed by atoms with E-state index in [0.717, 1.165) is 11.1 Å². The highest BCUT2D eigenvalue weighted by Gasteiger charge is 2.39. The van der Waals surface area contributed by atoms with Gasteiger partial charge in [-0.2, -0.15) is 0 Å². The van der Waals surface area contributed by atoms with E-state index in [1.807, 2.05) is 25.1 Å². The van der Waals surface area contributed by atoms with Gasteiger partial charge < -0.3 is 5.32 Å². The predicted octanol–water partition coefficient (Wildman–Crippen LogP) is 1.54. The van der Waals surface area contributed by atoms with Gasteiger partial charge in [-0.1, -0.05) is 23.8 Å². The van der Waals surface area contributed by atoms with Gasteiger partial charge in [0.05, 0.1) is 17.7 Å². The zero-order chi connectivity index (χ0) is 16.4. The van der Waals surface area contributed by atoms with Gasteiger partial charge in [0.15, 0.2) is 0 Å². The first-order chi connectivity index (χ1) is 11.1. The Morgan fingerprint density at radius 2 is 1.96 bits per heavy atom. The van der Waals surface area contributed by atoms with E-state index < -0.39 is 17.9 Å².